The Morgan fingerprint density at radius 2 is 1.85 bits per heavy atom. The van der Waals surface area contributed by atoms with Crippen LogP contribution in [-0.2, 0) is 11.3 Å². The Bertz CT molecular complexity index is 309. The van der Waals surface area contributed by atoms with Crippen LogP contribution in [0.5, 0.6) is 0 Å². The zero-order chi connectivity index (χ0) is 14.6. The van der Waals surface area contributed by atoms with Crippen LogP contribution in [0.3, 0.4) is 0 Å². The summed E-state index contributed by atoms with van der Waals surface area (Å²) in [5, 5.41) is 0. The molecule has 0 bridgehead atoms. The number of hydrogen-bond acceptors (Lipinski definition) is 2. The van der Waals surface area contributed by atoms with Gasteiger partial charge >= 0.3 is 0 Å². The van der Waals surface area contributed by atoms with Gasteiger partial charge in [0, 0.05) is 32.2 Å². The molecule has 20 heavy (non-hydrogen) atoms. The van der Waals surface area contributed by atoms with Crippen LogP contribution in [0.25, 0.3) is 0 Å². The average Bonchev–Trinajstić information content (AvgIpc) is 2.90. The van der Waals surface area contributed by atoms with E-state index in [1.807, 2.05) is 18.7 Å². The molecule has 0 radical (unpaired) electrons. The fourth-order valence-corrected chi connectivity index (χ4v) is 2.32. The maximum Gasteiger partial charge on any atom is 0.0945 e. The quantitative estimate of drug-likeness (QED) is 0.526. The highest BCUT2D eigenvalue weighted by atomic mass is 16.5. The Labute approximate surface area is 124 Å². The monoisotopic (exact) mass is 280 g/mol. The highest BCUT2D eigenvalue weighted by Crippen LogP contribution is 2.15. The number of hydrogen-bond donors (Lipinski definition) is 0. The summed E-state index contributed by atoms with van der Waals surface area (Å²) in [4.78, 5) is 4.04. The molecule has 1 aromatic rings. The summed E-state index contributed by atoms with van der Waals surface area (Å²) in [6.45, 7) is 9.83. The number of nitrogens with zero attached hydrogens (tertiary/aromatic N) is 2. The molecule has 0 aliphatic carbocycles. The second-order valence-electron chi connectivity index (χ2n) is 6.34. The lowest BCUT2D eigenvalue weighted by Crippen LogP contribution is -2.04. The van der Waals surface area contributed by atoms with Gasteiger partial charge in [-0.15, -0.1) is 0 Å². The molecule has 3 nitrogen and oxygen atoms in total. The summed E-state index contributed by atoms with van der Waals surface area (Å²) >= 11 is 0. The molecule has 0 fully saturated rings. The Kier molecular flexibility index (Phi) is 9.38. The van der Waals surface area contributed by atoms with Gasteiger partial charge < -0.3 is 9.30 Å². The van der Waals surface area contributed by atoms with Crippen LogP contribution in [0.1, 0.15) is 59.3 Å². The number of aromatic nitrogens is 2. The van der Waals surface area contributed by atoms with Gasteiger partial charge in [0.25, 0.3) is 0 Å². The zero-order valence-electron chi connectivity index (χ0n) is 13.6. The van der Waals surface area contributed by atoms with Crippen LogP contribution in [0.15, 0.2) is 18.7 Å². The van der Waals surface area contributed by atoms with Crippen molar-refractivity contribution in [3.05, 3.63) is 18.7 Å². The van der Waals surface area contributed by atoms with Crippen molar-refractivity contribution in [2.45, 2.75) is 65.8 Å². The van der Waals surface area contributed by atoms with Crippen LogP contribution < -0.4 is 0 Å². The van der Waals surface area contributed by atoms with Gasteiger partial charge in [-0.2, -0.15) is 0 Å². The summed E-state index contributed by atoms with van der Waals surface area (Å²) in [6, 6.07) is 0. The van der Waals surface area contributed by atoms with Gasteiger partial charge in [-0.1, -0.05) is 40.0 Å². The molecule has 1 aromatic heterocycles. The van der Waals surface area contributed by atoms with E-state index in [-0.39, 0.29) is 0 Å². The van der Waals surface area contributed by atoms with Crippen molar-refractivity contribution in [2.75, 3.05) is 13.2 Å². The predicted octanol–water partition coefficient (Wildman–Crippen LogP) is 4.53. The minimum Gasteiger partial charge on any atom is -0.381 e. The van der Waals surface area contributed by atoms with Gasteiger partial charge in [-0.05, 0) is 31.1 Å². The van der Waals surface area contributed by atoms with E-state index in [4.69, 9.17) is 4.74 Å². The van der Waals surface area contributed by atoms with E-state index >= 15 is 0 Å². The second-order valence-corrected chi connectivity index (χ2v) is 6.34. The van der Waals surface area contributed by atoms with E-state index < -0.39 is 0 Å². The molecule has 1 atom stereocenters. The summed E-state index contributed by atoms with van der Waals surface area (Å²) in [5.41, 5.74) is 0. The van der Waals surface area contributed by atoms with E-state index in [1.165, 1.54) is 32.1 Å². The first-order valence-electron chi connectivity index (χ1n) is 8.22. The van der Waals surface area contributed by atoms with Gasteiger partial charge in [0.15, 0.2) is 0 Å². The van der Waals surface area contributed by atoms with E-state index in [0.717, 1.165) is 38.0 Å². The van der Waals surface area contributed by atoms with Crippen LogP contribution in [0.4, 0.5) is 0 Å². The first-order chi connectivity index (χ1) is 9.68. The zero-order valence-corrected chi connectivity index (χ0v) is 13.6. The third-order valence-corrected chi connectivity index (χ3v) is 3.75. The number of aryl methyl sites for hydroxylation is 1. The summed E-state index contributed by atoms with van der Waals surface area (Å²) in [7, 11) is 0. The summed E-state index contributed by atoms with van der Waals surface area (Å²) in [5.74, 6) is 1.65. The van der Waals surface area contributed by atoms with Crippen molar-refractivity contribution >= 4 is 0 Å². The van der Waals surface area contributed by atoms with Crippen LogP contribution >= 0.6 is 0 Å². The lowest BCUT2D eigenvalue weighted by atomic mass is 9.98. The molecule has 0 saturated carbocycles. The van der Waals surface area contributed by atoms with E-state index in [2.05, 4.69) is 30.3 Å². The average molecular weight is 280 g/mol. The number of rotatable bonds is 12. The molecule has 1 rings (SSSR count). The van der Waals surface area contributed by atoms with Gasteiger partial charge in [0.1, 0.15) is 0 Å². The maximum absolute atomic E-state index is 5.73. The fourth-order valence-electron chi connectivity index (χ4n) is 2.32. The number of unbranched alkanes of at least 4 members (excludes halogenated alkanes) is 1. The molecule has 1 unspecified atom stereocenters. The minimum absolute atomic E-state index is 0.805. The third kappa shape index (κ3) is 9.13. The van der Waals surface area contributed by atoms with E-state index in [1.54, 1.807) is 0 Å². The Morgan fingerprint density at radius 1 is 1.00 bits per heavy atom. The summed E-state index contributed by atoms with van der Waals surface area (Å²) in [6.07, 6.45) is 13.3. The van der Waals surface area contributed by atoms with E-state index in [0.29, 0.717) is 0 Å². The van der Waals surface area contributed by atoms with Gasteiger partial charge in [0.05, 0.1) is 6.33 Å². The molecule has 0 saturated heterocycles. The van der Waals surface area contributed by atoms with Gasteiger partial charge in [0.2, 0.25) is 0 Å². The standard InChI is InChI=1S/C17H32N2O/c1-16(2)7-6-8-17(3)9-14-20-13-5-4-11-19-12-10-18-15-19/h10,12,15-17H,4-9,11,13-14H2,1-3H3. The van der Waals surface area contributed by atoms with Crippen molar-refractivity contribution in [1.82, 2.24) is 9.55 Å². The molecule has 3 heteroatoms. The number of imidazole rings is 1. The van der Waals surface area contributed by atoms with Crippen molar-refractivity contribution in [3.8, 4) is 0 Å². The molecular weight excluding hydrogens is 248 g/mol. The maximum atomic E-state index is 5.73. The van der Waals surface area contributed by atoms with Crippen LogP contribution in [0, 0.1) is 11.8 Å². The van der Waals surface area contributed by atoms with Gasteiger partial charge in [-0.25, -0.2) is 4.98 Å². The molecule has 0 spiro atoms. The van der Waals surface area contributed by atoms with Gasteiger partial charge in [-0.3, -0.25) is 0 Å². The van der Waals surface area contributed by atoms with Crippen LogP contribution in [0.2, 0.25) is 0 Å². The normalized spacial score (nSPS) is 13.0. The molecule has 0 aliphatic rings. The predicted molar refractivity (Wildman–Crippen MR) is 84.8 cm³/mol. The molecular formula is C17H32N2O. The number of ether oxygens (including phenoxy) is 1. The van der Waals surface area contributed by atoms with Crippen molar-refractivity contribution in [2.24, 2.45) is 11.8 Å². The SMILES string of the molecule is CC(C)CCCC(C)CCOCCCCn1ccnc1. The lowest BCUT2D eigenvalue weighted by Gasteiger charge is -2.12. The molecule has 0 N–H and O–H groups in total. The van der Waals surface area contributed by atoms with Crippen LogP contribution in [-0.4, -0.2) is 22.8 Å². The smallest absolute Gasteiger partial charge is 0.0945 e. The molecule has 116 valence electrons. The molecule has 0 amide bonds. The molecule has 0 aliphatic heterocycles. The van der Waals surface area contributed by atoms with Crippen molar-refractivity contribution in [3.63, 3.8) is 0 Å². The lowest BCUT2D eigenvalue weighted by molar-refractivity contribution is 0.116. The Morgan fingerprint density at radius 3 is 2.55 bits per heavy atom. The van der Waals surface area contributed by atoms with Crippen molar-refractivity contribution < 1.29 is 4.74 Å². The highest BCUT2D eigenvalue weighted by Gasteiger charge is 2.03. The Hall–Kier alpha value is -0.830. The minimum atomic E-state index is 0.805. The first-order valence-corrected chi connectivity index (χ1v) is 8.22. The highest BCUT2D eigenvalue weighted by molar-refractivity contribution is 4.73. The third-order valence-electron chi connectivity index (χ3n) is 3.75. The second kappa shape index (κ2) is 10.9. The van der Waals surface area contributed by atoms with E-state index in [9.17, 15) is 0 Å². The Balaban J connectivity index is 1.84. The molecule has 1 heterocycles. The molecule has 0 aromatic carbocycles. The first kappa shape index (κ1) is 17.2. The van der Waals surface area contributed by atoms with Crippen molar-refractivity contribution in [1.29, 1.82) is 0 Å². The topological polar surface area (TPSA) is 27.1 Å². The fraction of sp³-hybridized carbons (Fsp3) is 0.824. The largest absolute Gasteiger partial charge is 0.381 e. The summed E-state index contributed by atoms with van der Waals surface area (Å²) < 4.78 is 7.85.